The van der Waals surface area contributed by atoms with Crippen LogP contribution in [0.15, 0.2) is 72.8 Å². The number of hydrogen-bond donors (Lipinski definition) is 2. The SMILES string of the molecule is O=C(NCC=Cc1ccc2n[nH]nc2c1)OCC1c2ccccc2-c2ccccc21. The first-order valence-corrected chi connectivity index (χ1v) is 9.85. The van der Waals surface area contributed by atoms with Gasteiger partial charge in [-0.15, -0.1) is 0 Å². The van der Waals surface area contributed by atoms with Crippen LogP contribution in [0, 0.1) is 0 Å². The standard InChI is InChI=1S/C24H20N4O2/c29-24(25-13-5-6-16-11-12-22-23(14-16)27-28-26-22)30-15-21-19-9-3-1-7-17(19)18-8-2-4-10-20(18)21/h1-12,14,21H,13,15H2,(H,25,29)(H,26,27,28). The molecule has 6 nitrogen and oxygen atoms in total. The molecule has 1 amide bonds. The maximum Gasteiger partial charge on any atom is 0.407 e. The van der Waals surface area contributed by atoms with Crippen LogP contribution in [0.1, 0.15) is 22.6 Å². The Morgan fingerprint density at radius 1 is 0.967 bits per heavy atom. The predicted octanol–water partition coefficient (Wildman–Crippen LogP) is 4.51. The van der Waals surface area contributed by atoms with Gasteiger partial charge in [-0.3, -0.25) is 0 Å². The summed E-state index contributed by atoms with van der Waals surface area (Å²) in [4.78, 5) is 12.2. The van der Waals surface area contributed by atoms with Crippen LogP contribution in [-0.4, -0.2) is 34.7 Å². The molecular weight excluding hydrogens is 376 g/mol. The Bertz CT molecular complexity index is 1200. The van der Waals surface area contributed by atoms with Gasteiger partial charge in [0.15, 0.2) is 0 Å². The van der Waals surface area contributed by atoms with Crippen LogP contribution in [0.25, 0.3) is 28.2 Å². The minimum Gasteiger partial charge on any atom is -0.449 e. The lowest BCUT2D eigenvalue weighted by molar-refractivity contribution is 0.144. The Labute approximate surface area is 173 Å². The second-order valence-corrected chi connectivity index (χ2v) is 7.18. The quantitative estimate of drug-likeness (QED) is 0.520. The molecule has 6 heteroatoms. The smallest absolute Gasteiger partial charge is 0.407 e. The summed E-state index contributed by atoms with van der Waals surface area (Å²) in [6.45, 7) is 0.694. The van der Waals surface area contributed by atoms with Crippen LogP contribution in [0.4, 0.5) is 4.79 Å². The molecule has 0 saturated carbocycles. The van der Waals surface area contributed by atoms with Crippen LogP contribution in [0.3, 0.4) is 0 Å². The fraction of sp³-hybridized carbons (Fsp3) is 0.125. The van der Waals surface area contributed by atoms with Gasteiger partial charge in [-0.1, -0.05) is 66.7 Å². The van der Waals surface area contributed by atoms with Crippen molar-refractivity contribution in [1.82, 2.24) is 20.7 Å². The molecule has 0 aliphatic heterocycles. The van der Waals surface area contributed by atoms with Gasteiger partial charge in [0.05, 0.1) is 0 Å². The zero-order valence-corrected chi connectivity index (χ0v) is 16.2. The average molecular weight is 396 g/mol. The molecule has 1 aromatic heterocycles. The van der Waals surface area contributed by atoms with E-state index < -0.39 is 6.09 Å². The van der Waals surface area contributed by atoms with Crippen molar-refractivity contribution in [2.24, 2.45) is 0 Å². The van der Waals surface area contributed by atoms with Crippen molar-refractivity contribution in [3.05, 3.63) is 89.5 Å². The second-order valence-electron chi connectivity index (χ2n) is 7.18. The van der Waals surface area contributed by atoms with Gasteiger partial charge in [0, 0.05) is 12.5 Å². The molecule has 0 saturated heterocycles. The number of aromatic nitrogens is 3. The maximum absolute atomic E-state index is 12.2. The maximum atomic E-state index is 12.2. The fourth-order valence-corrected chi connectivity index (χ4v) is 3.95. The van der Waals surface area contributed by atoms with E-state index in [0.717, 1.165) is 16.6 Å². The number of amides is 1. The lowest BCUT2D eigenvalue weighted by Crippen LogP contribution is -2.26. The van der Waals surface area contributed by atoms with Crippen molar-refractivity contribution in [3.8, 4) is 11.1 Å². The van der Waals surface area contributed by atoms with E-state index in [-0.39, 0.29) is 5.92 Å². The van der Waals surface area contributed by atoms with Gasteiger partial charge >= 0.3 is 6.09 Å². The molecule has 4 aromatic rings. The van der Waals surface area contributed by atoms with Crippen molar-refractivity contribution in [3.63, 3.8) is 0 Å². The molecule has 1 aliphatic carbocycles. The molecular formula is C24H20N4O2. The first-order valence-electron chi connectivity index (χ1n) is 9.85. The number of nitrogens with zero attached hydrogens (tertiary/aromatic N) is 2. The van der Waals surface area contributed by atoms with Crippen molar-refractivity contribution in [2.45, 2.75) is 5.92 Å². The highest BCUT2D eigenvalue weighted by Gasteiger charge is 2.28. The number of ether oxygens (including phenoxy) is 1. The molecule has 0 spiro atoms. The van der Waals surface area contributed by atoms with Gasteiger partial charge < -0.3 is 10.1 Å². The minimum absolute atomic E-state index is 0.0629. The first-order chi connectivity index (χ1) is 14.8. The van der Waals surface area contributed by atoms with Gasteiger partial charge in [-0.2, -0.15) is 15.4 Å². The Balaban J connectivity index is 1.18. The zero-order chi connectivity index (χ0) is 20.3. The van der Waals surface area contributed by atoms with E-state index in [4.69, 9.17) is 4.74 Å². The number of hydrogen-bond acceptors (Lipinski definition) is 4. The Kier molecular flexibility index (Phi) is 4.73. The largest absolute Gasteiger partial charge is 0.449 e. The first kappa shape index (κ1) is 18.1. The summed E-state index contributed by atoms with van der Waals surface area (Å²) < 4.78 is 5.53. The van der Waals surface area contributed by atoms with E-state index in [9.17, 15) is 4.79 Å². The van der Waals surface area contributed by atoms with Crippen LogP contribution < -0.4 is 5.32 Å². The topological polar surface area (TPSA) is 79.9 Å². The molecule has 3 aromatic carbocycles. The second kappa shape index (κ2) is 7.83. The number of fused-ring (bicyclic) bond motifs is 4. The number of benzene rings is 3. The summed E-state index contributed by atoms with van der Waals surface area (Å²) in [5, 5.41) is 13.5. The number of alkyl carbamates (subject to hydrolysis) is 1. The number of H-pyrrole nitrogens is 1. The van der Waals surface area contributed by atoms with Crippen molar-refractivity contribution >= 4 is 23.2 Å². The van der Waals surface area contributed by atoms with Crippen LogP contribution in [-0.2, 0) is 4.74 Å². The van der Waals surface area contributed by atoms with Gasteiger partial charge in [0.25, 0.3) is 0 Å². The van der Waals surface area contributed by atoms with E-state index in [0.29, 0.717) is 13.2 Å². The lowest BCUT2D eigenvalue weighted by atomic mass is 9.98. The highest BCUT2D eigenvalue weighted by atomic mass is 16.5. The lowest BCUT2D eigenvalue weighted by Gasteiger charge is -2.14. The fourth-order valence-electron chi connectivity index (χ4n) is 3.95. The van der Waals surface area contributed by atoms with E-state index in [1.54, 1.807) is 0 Å². The monoisotopic (exact) mass is 396 g/mol. The van der Waals surface area contributed by atoms with Crippen LogP contribution >= 0.6 is 0 Å². The molecule has 2 N–H and O–H groups in total. The van der Waals surface area contributed by atoms with Crippen molar-refractivity contribution in [1.29, 1.82) is 0 Å². The molecule has 5 rings (SSSR count). The van der Waals surface area contributed by atoms with Crippen LogP contribution in [0.5, 0.6) is 0 Å². The Hall–Kier alpha value is -3.93. The highest BCUT2D eigenvalue weighted by molar-refractivity contribution is 5.79. The normalized spacial score (nSPS) is 12.8. The van der Waals surface area contributed by atoms with Gasteiger partial charge in [-0.05, 0) is 39.9 Å². The minimum atomic E-state index is -0.423. The molecule has 0 bridgehead atoms. The Morgan fingerprint density at radius 3 is 2.43 bits per heavy atom. The Morgan fingerprint density at radius 2 is 1.67 bits per heavy atom. The number of carbonyl (C=O) groups is 1. The zero-order valence-electron chi connectivity index (χ0n) is 16.2. The number of rotatable bonds is 5. The summed E-state index contributed by atoms with van der Waals surface area (Å²) in [5.74, 6) is 0.0629. The third kappa shape index (κ3) is 3.43. The van der Waals surface area contributed by atoms with Gasteiger partial charge in [0.1, 0.15) is 17.6 Å². The number of carbonyl (C=O) groups excluding carboxylic acids is 1. The number of nitrogens with one attached hydrogen (secondary N) is 2. The third-order valence-electron chi connectivity index (χ3n) is 5.36. The van der Waals surface area contributed by atoms with Gasteiger partial charge in [-0.25, -0.2) is 4.79 Å². The third-order valence-corrected chi connectivity index (χ3v) is 5.36. The van der Waals surface area contributed by atoms with Crippen LogP contribution in [0.2, 0.25) is 0 Å². The summed E-state index contributed by atoms with van der Waals surface area (Å²) in [7, 11) is 0. The molecule has 30 heavy (non-hydrogen) atoms. The van der Waals surface area contributed by atoms with E-state index >= 15 is 0 Å². The summed E-state index contributed by atoms with van der Waals surface area (Å²) in [6, 6.07) is 22.4. The molecule has 148 valence electrons. The average Bonchev–Trinajstić information content (AvgIpc) is 3.37. The number of aromatic amines is 1. The molecule has 1 aliphatic rings. The molecule has 0 radical (unpaired) electrons. The summed E-state index contributed by atoms with van der Waals surface area (Å²) >= 11 is 0. The molecule has 1 heterocycles. The van der Waals surface area contributed by atoms with Crippen molar-refractivity contribution in [2.75, 3.05) is 13.2 Å². The summed E-state index contributed by atoms with van der Waals surface area (Å²) in [6.07, 6.45) is 3.38. The molecule has 0 atom stereocenters. The molecule has 0 fully saturated rings. The van der Waals surface area contributed by atoms with E-state index in [1.807, 2.05) is 54.6 Å². The van der Waals surface area contributed by atoms with E-state index in [2.05, 4.69) is 45.0 Å². The van der Waals surface area contributed by atoms with Crippen molar-refractivity contribution < 1.29 is 9.53 Å². The highest BCUT2D eigenvalue weighted by Crippen LogP contribution is 2.44. The molecule has 0 unspecified atom stereocenters. The van der Waals surface area contributed by atoms with Gasteiger partial charge in [0.2, 0.25) is 0 Å². The summed E-state index contributed by atoms with van der Waals surface area (Å²) in [5.41, 5.74) is 7.46. The predicted molar refractivity (Wildman–Crippen MR) is 116 cm³/mol. The van der Waals surface area contributed by atoms with E-state index in [1.165, 1.54) is 22.3 Å².